The van der Waals surface area contributed by atoms with Gasteiger partial charge in [-0.2, -0.15) is 0 Å². The van der Waals surface area contributed by atoms with Crippen LogP contribution in [0.1, 0.15) is 22.3 Å². The summed E-state index contributed by atoms with van der Waals surface area (Å²) in [4.78, 5) is 2.35. The second kappa shape index (κ2) is 17.1. The Bertz CT molecular complexity index is 4240. The maximum absolute atomic E-state index is 6.82. The number of hydrogen-bond donors (Lipinski definition) is 0. The van der Waals surface area contributed by atoms with Crippen molar-refractivity contribution in [3.8, 4) is 33.8 Å². The van der Waals surface area contributed by atoms with Crippen LogP contribution in [0.5, 0.6) is 11.5 Å². The molecule has 15 rings (SSSR count). The van der Waals surface area contributed by atoms with Gasteiger partial charge in [-0.1, -0.05) is 224 Å². The van der Waals surface area contributed by atoms with E-state index in [-0.39, 0.29) is 0 Å². The first kappa shape index (κ1) is 43.1. The molecule has 0 unspecified atom stereocenters. The normalized spacial score (nSPS) is 13.7. The van der Waals surface area contributed by atoms with E-state index in [9.17, 15) is 0 Å². The molecule has 0 fully saturated rings. The van der Waals surface area contributed by atoms with Crippen LogP contribution in [0.4, 0.5) is 17.1 Å². The van der Waals surface area contributed by atoms with E-state index in [4.69, 9.17) is 9.15 Å². The summed E-state index contributed by atoms with van der Waals surface area (Å²) in [6.45, 7) is 0. The fourth-order valence-corrected chi connectivity index (χ4v) is 18.2. The van der Waals surface area contributed by atoms with Crippen molar-refractivity contribution in [1.29, 1.82) is 0 Å². The van der Waals surface area contributed by atoms with E-state index in [1.807, 2.05) is 12.1 Å². The zero-order chi connectivity index (χ0) is 49.5. The second-order valence-electron chi connectivity index (χ2n) is 19.9. The van der Waals surface area contributed by atoms with Gasteiger partial charge in [0.05, 0.1) is 5.41 Å². The van der Waals surface area contributed by atoms with Crippen LogP contribution in [0.15, 0.2) is 290 Å². The van der Waals surface area contributed by atoms with Gasteiger partial charge in [-0.15, -0.1) is 0 Å². The molecule has 13 aromatic rings. The van der Waals surface area contributed by atoms with Gasteiger partial charge in [-0.05, 0) is 119 Å². The first-order valence-electron chi connectivity index (χ1n) is 25.8. The van der Waals surface area contributed by atoms with Crippen molar-refractivity contribution in [1.82, 2.24) is 0 Å². The summed E-state index contributed by atoms with van der Waals surface area (Å²) in [7, 11) is -3.05. The van der Waals surface area contributed by atoms with Crippen molar-refractivity contribution < 1.29 is 9.15 Å². The molecule has 0 N–H and O–H groups in total. The smallest absolute Gasteiger partial charge is 0.180 e. The van der Waals surface area contributed by atoms with Crippen LogP contribution in [0, 0.1) is 0 Å². The molecule has 0 aliphatic carbocycles. The number of rotatable bonds is 7. The van der Waals surface area contributed by atoms with Gasteiger partial charge in [0, 0.05) is 45.0 Å². The molecular weight excluding hydrogens is 927 g/mol. The first-order chi connectivity index (χ1) is 37.2. The minimum absolute atomic E-state index is 0.648. The van der Waals surface area contributed by atoms with Crippen molar-refractivity contribution in [2.75, 3.05) is 4.90 Å². The number of hydrogen-bond acceptors (Lipinski definition) is 3. The number of furan rings is 1. The fourth-order valence-electron chi connectivity index (χ4n) is 12.9. The minimum Gasteiger partial charge on any atom is -0.457 e. The third-order valence-electron chi connectivity index (χ3n) is 16.1. The van der Waals surface area contributed by atoms with Crippen molar-refractivity contribution in [2.24, 2.45) is 0 Å². The van der Waals surface area contributed by atoms with E-state index in [1.165, 1.54) is 59.3 Å². The van der Waals surface area contributed by atoms with Gasteiger partial charge >= 0.3 is 0 Å². The lowest BCUT2D eigenvalue weighted by Crippen LogP contribution is -2.79. The average Bonchev–Trinajstić information content (AvgIpc) is 3.86. The SMILES string of the molecule is c1ccc([Si]2(c3ccccc3)c3ccccc3C3(c4ccccc4Oc4ccccc43)c3ccc(-c4ccc(N(c5ccc(-c6cccc7ccccc67)cc5)c5ccc6c(c5)oc5ccccc56)cc4)cc32)cc1. The number of anilines is 3. The van der Waals surface area contributed by atoms with Crippen molar-refractivity contribution in [3.05, 3.63) is 307 Å². The van der Waals surface area contributed by atoms with Crippen LogP contribution < -0.4 is 30.4 Å². The highest BCUT2D eigenvalue weighted by Gasteiger charge is 2.57. The summed E-state index contributed by atoms with van der Waals surface area (Å²) in [6, 6.07) is 105. The maximum atomic E-state index is 6.82. The number of para-hydroxylation sites is 3. The monoisotopic (exact) mass is 973 g/mol. The van der Waals surface area contributed by atoms with Crippen LogP contribution in [-0.2, 0) is 5.41 Å². The summed E-state index contributed by atoms with van der Waals surface area (Å²) in [5.41, 5.74) is 13.8. The van der Waals surface area contributed by atoms with Gasteiger partial charge in [0.25, 0.3) is 0 Å². The van der Waals surface area contributed by atoms with E-state index in [2.05, 4.69) is 278 Å². The highest BCUT2D eigenvalue weighted by atomic mass is 28.3. The molecule has 75 heavy (non-hydrogen) atoms. The molecule has 0 saturated heterocycles. The number of benzene rings is 12. The van der Waals surface area contributed by atoms with Crippen molar-refractivity contribution >= 4 is 78.6 Å². The predicted molar refractivity (Wildman–Crippen MR) is 312 cm³/mol. The van der Waals surface area contributed by atoms with Gasteiger partial charge < -0.3 is 14.1 Å². The third kappa shape index (κ3) is 6.46. The van der Waals surface area contributed by atoms with Crippen LogP contribution in [-0.4, -0.2) is 8.07 Å². The summed E-state index contributed by atoms with van der Waals surface area (Å²) in [5.74, 6) is 1.77. The van der Waals surface area contributed by atoms with E-state index >= 15 is 0 Å². The molecule has 0 radical (unpaired) electrons. The largest absolute Gasteiger partial charge is 0.457 e. The molecule has 2 aliphatic rings. The molecule has 3 nitrogen and oxygen atoms in total. The molecule has 4 heteroatoms. The lowest BCUT2D eigenvalue weighted by molar-refractivity contribution is 0.435. The Hall–Kier alpha value is -9.48. The molecular formula is C71H47NO2Si. The number of fused-ring (bicyclic) bond motifs is 12. The van der Waals surface area contributed by atoms with E-state index < -0.39 is 13.5 Å². The molecule has 2 aliphatic heterocycles. The quantitative estimate of drug-likeness (QED) is 0.149. The first-order valence-corrected chi connectivity index (χ1v) is 27.8. The predicted octanol–water partition coefficient (Wildman–Crippen LogP) is 15.7. The highest BCUT2D eigenvalue weighted by Crippen LogP contribution is 2.56. The highest BCUT2D eigenvalue weighted by molar-refractivity contribution is 7.20. The van der Waals surface area contributed by atoms with Crippen LogP contribution in [0.25, 0.3) is 55.0 Å². The maximum Gasteiger partial charge on any atom is 0.180 e. The average molecular weight is 974 g/mol. The lowest BCUT2D eigenvalue weighted by Gasteiger charge is -2.51. The Balaban J connectivity index is 0.928. The zero-order valence-corrected chi connectivity index (χ0v) is 41.9. The lowest BCUT2D eigenvalue weighted by atomic mass is 9.63. The molecule has 1 aromatic heterocycles. The van der Waals surface area contributed by atoms with Gasteiger partial charge in [-0.3, -0.25) is 0 Å². The molecule has 1 spiro atoms. The summed E-state index contributed by atoms with van der Waals surface area (Å²) in [6.07, 6.45) is 0. The zero-order valence-electron chi connectivity index (χ0n) is 40.9. The van der Waals surface area contributed by atoms with Crippen LogP contribution in [0.3, 0.4) is 0 Å². The summed E-state index contributed by atoms with van der Waals surface area (Å²) in [5, 5.41) is 10.2. The Morgan fingerprint density at radius 3 is 1.55 bits per heavy atom. The van der Waals surface area contributed by atoms with Crippen LogP contribution >= 0.6 is 0 Å². The summed E-state index contributed by atoms with van der Waals surface area (Å²) >= 11 is 0. The summed E-state index contributed by atoms with van der Waals surface area (Å²) < 4.78 is 13.3. The molecule has 0 bridgehead atoms. The van der Waals surface area contributed by atoms with E-state index in [0.29, 0.717) is 0 Å². The fraction of sp³-hybridized carbons (Fsp3) is 0.0141. The van der Waals surface area contributed by atoms with E-state index in [0.717, 1.165) is 67.2 Å². The molecule has 12 aromatic carbocycles. The van der Waals surface area contributed by atoms with Gasteiger partial charge in [-0.25, -0.2) is 0 Å². The van der Waals surface area contributed by atoms with Crippen molar-refractivity contribution in [3.63, 3.8) is 0 Å². The molecule has 0 atom stereocenters. The minimum atomic E-state index is -3.05. The van der Waals surface area contributed by atoms with Crippen LogP contribution in [0.2, 0.25) is 0 Å². The molecule has 352 valence electrons. The Kier molecular flexibility index (Phi) is 9.81. The molecule has 3 heterocycles. The van der Waals surface area contributed by atoms with Gasteiger partial charge in [0.1, 0.15) is 22.7 Å². The van der Waals surface area contributed by atoms with Gasteiger partial charge in [0.15, 0.2) is 8.07 Å². The number of ether oxygens (including phenoxy) is 1. The molecule has 0 saturated carbocycles. The van der Waals surface area contributed by atoms with E-state index in [1.54, 1.807) is 0 Å². The Morgan fingerprint density at radius 2 is 0.840 bits per heavy atom. The Morgan fingerprint density at radius 1 is 0.320 bits per heavy atom. The number of nitrogens with zero attached hydrogens (tertiary/aromatic N) is 1. The topological polar surface area (TPSA) is 25.6 Å². The van der Waals surface area contributed by atoms with Gasteiger partial charge in [0.2, 0.25) is 0 Å². The standard InChI is InChI=1S/C71H47NO2Si/c1-3-20-55(21-4-1)75(56-22-5-2-6-23-56)69-33-16-12-29-63(69)71(61-27-10-14-31-66(61)74-67-32-15-11-28-62(67)71)64-45-38-51(46-70(64)75)48-34-39-52(40-35-48)72(54-43-44-60-59-25-9-13-30-65(59)73-68(60)47-54)53-41-36-50(37-42-53)58-26-17-19-49-18-7-8-24-57(49)58/h1-47H. The third-order valence-corrected chi connectivity index (χ3v) is 20.9. The molecule has 0 amide bonds. The van der Waals surface area contributed by atoms with Crippen molar-refractivity contribution in [2.45, 2.75) is 5.41 Å². The second-order valence-corrected chi connectivity index (χ2v) is 23.6. The Labute approximate surface area is 436 Å².